The maximum Gasteiger partial charge on any atom is 0.416 e. The van der Waals surface area contributed by atoms with E-state index in [-0.39, 0.29) is 16.8 Å². The Kier molecular flexibility index (Phi) is 7.16. The summed E-state index contributed by atoms with van der Waals surface area (Å²) in [6, 6.07) is 11.0. The van der Waals surface area contributed by atoms with E-state index in [0.717, 1.165) is 11.6 Å². The SMILES string of the molecule is Cc1cn(-c2cc(C(=O)NNC(=O)c3ccc(C)c(C#Cc4ccc(N)nc4)c3)cc(C(F)(F)F)c2)cn1. The third-order valence-electron chi connectivity index (χ3n) is 5.43. The quantitative estimate of drug-likeness (QED) is 0.281. The Balaban J connectivity index is 1.51. The molecule has 2 amide bonds. The van der Waals surface area contributed by atoms with Gasteiger partial charge < -0.3 is 10.3 Å². The monoisotopic (exact) mass is 518 g/mol. The summed E-state index contributed by atoms with van der Waals surface area (Å²) in [7, 11) is 0. The van der Waals surface area contributed by atoms with Crippen LogP contribution in [0.1, 0.15) is 48.7 Å². The number of alkyl halides is 3. The first kappa shape index (κ1) is 26.0. The highest BCUT2D eigenvalue weighted by Gasteiger charge is 2.32. The molecule has 0 radical (unpaired) electrons. The normalized spacial score (nSPS) is 10.9. The number of pyridine rings is 1. The number of hydrogen-bond acceptors (Lipinski definition) is 5. The molecule has 2 aromatic heterocycles. The van der Waals surface area contributed by atoms with Crippen LogP contribution in [0.4, 0.5) is 19.0 Å². The van der Waals surface area contributed by atoms with Crippen LogP contribution in [0.2, 0.25) is 0 Å². The number of nitrogens with two attached hydrogens (primary N) is 1. The first-order chi connectivity index (χ1) is 18.0. The standard InChI is InChI=1S/C27H21F3N6O2/c1-16-3-6-20(9-19(16)7-4-18-5-8-24(31)32-13-18)25(37)34-35-26(38)21-10-22(27(28,29)30)12-23(11-21)36-14-17(2)33-15-36/h3,5-6,8-15H,1-2H3,(H2,31,32)(H,34,37)(H,35,38). The average molecular weight is 518 g/mol. The molecule has 4 aromatic rings. The predicted molar refractivity (Wildman–Crippen MR) is 134 cm³/mol. The van der Waals surface area contributed by atoms with Gasteiger partial charge in [-0.25, -0.2) is 9.97 Å². The zero-order chi connectivity index (χ0) is 27.4. The van der Waals surface area contributed by atoms with Gasteiger partial charge in [-0.1, -0.05) is 17.9 Å². The number of benzene rings is 2. The number of aryl methyl sites for hydroxylation is 2. The lowest BCUT2D eigenvalue weighted by molar-refractivity contribution is -0.137. The van der Waals surface area contributed by atoms with Crippen molar-refractivity contribution in [1.82, 2.24) is 25.4 Å². The number of imidazole rings is 1. The molecule has 0 aliphatic carbocycles. The molecular weight excluding hydrogens is 497 g/mol. The molecular formula is C27H21F3N6O2. The summed E-state index contributed by atoms with van der Waals surface area (Å²) in [4.78, 5) is 33.4. The van der Waals surface area contributed by atoms with E-state index in [1.54, 1.807) is 25.1 Å². The molecule has 0 aliphatic heterocycles. The van der Waals surface area contributed by atoms with Gasteiger partial charge in [0.25, 0.3) is 11.8 Å². The fourth-order valence-electron chi connectivity index (χ4n) is 3.39. The topological polar surface area (TPSA) is 115 Å². The first-order valence-corrected chi connectivity index (χ1v) is 11.2. The van der Waals surface area contributed by atoms with Crippen molar-refractivity contribution < 1.29 is 22.8 Å². The first-order valence-electron chi connectivity index (χ1n) is 11.2. The Morgan fingerprint density at radius 3 is 2.29 bits per heavy atom. The number of aromatic nitrogens is 3. The van der Waals surface area contributed by atoms with Gasteiger partial charge in [0.05, 0.1) is 17.6 Å². The van der Waals surface area contributed by atoms with Crippen molar-refractivity contribution in [1.29, 1.82) is 0 Å². The molecule has 0 saturated carbocycles. The van der Waals surface area contributed by atoms with E-state index in [0.29, 0.717) is 28.7 Å². The summed E-state index contributed by atoms with van der Waals surface area (Å²) in [5, 5.41) is 0. The number of nitrogen functional groups attached to an aromatic ring is 1. The van der Waals surface area contributed by atoms with Crippen molar-refractivity contribution in [3.63, 3.8) is 0 Å². The molecule has 0 atom stereocenters. The number of rotatable bonds is 3. The molecule has 0 saturated heterocycles. The summed E-state index contributed by atoms with van der Waals surface area (Å²) in [6.45, 7) is 3.51. The second-order valence-corrected chi connectivity index (χ2v) is 8.35. The largest absolute Gasteiger partial charge is 0.416 e. The number of nitrogens with one attached hydrogen (secondary N) is 2. The lowest BCUT2D eigenvalue weighted by Crippen LogP contribution is -2.41. The Labute approximate surface area is 215 Å². The third kappa shape index (κ3) is 6.17. The molecule has 11 heteroatoms. The fraction of sp³-hybridized carbons (Fsp3) is 0.111. The zero-order valence-electron chi connectivity index (χ0n) is 20.2. The van der Waals surface area contributed by atoms with Crippen molar-refractivity contribution in [3.8, 4) is 17.5 Å². The van der Waals surface area contributed by atoms with Crippen LogP contribution in [-0.2, 0) is 6.18 Å². The maximum absolute atomic E-state index is 13.5. The zero-order valence-corrected chi connectivity index (χ0v) is 20.2. The number of nitrogens with zero attached hydrogens (tertiary/aromatic N) is 3. The van der Waals surface area contributed by atoms with Gasteiger partial charge >= 0.3 is 6.18 Å². The van der Waals surface area contributed by atoms with Crippen molar-refractivity contribution in [2.75, 3.05) is 5.73 Å². The molecule has 4 rings (SSSR count). The Morgan fingerprint density at radius 2 is 1.66 bits per heavy atom. The summed E-state index contributed by atoms with van der Waals surface area (Å²) in [5.74, 6) is 4.67. The second-order valence-electron chi connectivity index (χ2n) is 8.35. The van der Waals surface area contributed by atoms with Crippen LogP contribution in [0.3, 0.4) is 0 Å². The Hall–Kier alpha value is -5.11. The van der Waals surface area contributed by atoms with Gasteiger partial charge in [0.2, 0.25) is 0 Å². The van der Waals surface area contributed by atoms with E-state index in [9.17, 15) is 22.8 Å². The molecule has 0 spiro atoms. The van der Waals surface area contributed by atoms with Crippen molar-refractivity contribution in [3.05, 3.63) is 106 Å². The number of carbonyl (C=O) groups is 2. The van der Waals surface area contributed by atoms with Crippen LogP contribution in [-0.4, -0.2) is 26.3 Å². The molecule has 192 valence electrons. The van der Waals surface area contributed by atoms with Gasteiger partial charge in [-0.15, -0.1) is 0 Å². The molecule has 4 N–H and O–H groups in total. The minimum atomic E-state index is -4.69. The minimum Gasteiger partial charge on any atom is -0.384 e. The average Bonchev–Trinajstić information content (AvgIpc) is 3.33. The van der Waals surface area contributed by atoms with Crippen LogP contribution in [0.15, 0.2) is 67.3 Å². The Bertz CT molecular complexity index is 1580. The van der Waals surface area contributed by atoms with E-state index < -0.39 is 23.6 Å². The molecule has 38 heavy (non-hydrogen) atoms. The Morgan fingerprint density at radius 1 is 0.921 bits per heavy atom. The van der Waals surface area contributed by atoms with Crippen LogP contribution in [0, 0.1) is 25.7 Å². The number of anilines is 1. The number of halogens is 3. The van der Waals surface area contributed by atoms with E-state index >= 15 is 0 Å². The van der Waals surface area contributed by atoms with Gasteiger partial charge in [0.15, 0.2) is 0 Å². The van der Waals surface area contributed by atoms with E-state index in [1.807, 2.05) is 6.92 Å². The van der Waals surface area contributed by atoms with Gasteiger partial charge in [-0.05, 0) is 61.9 Å². The van der Waals surface area contributed by atoms with Crippen LogP contribution in [0.5, 0.6) is 0 Å². The van der Waals surface area contributed by atoms with E-state index in [2.05, 4.69) is 32.7 Å². The number of carbonyl (C=O) groups excluding carboxylic acids is 2. The second kappa shape index (κ2) is 10.5. The lowest BCUT2D eigenvalue weighted by atomic mass is 10.0. The van der Waals surface area contributed by atoms with E-state index in [4.69, 9.17) is 5.73 Å². The minimum absolute atomic E-state index is 0.0926. The fourth-order valence-corrected chi connectivity index (χ4v) is 3.39. The van der Waals surface area contributed by atoms with Gasteiger partial charge in [0, 0.05) is 40.3 Å². The van der Waals surface area contributed by atoms with Crippen LogP contribution < -0.4 is 16.6 Å². The molecule has 0 fully saturated rings. The van der Waals surface area contributed by atoms with Crippen LogP contribution >= 0.6 is 0 Å². The van der Waals surface area contributed by atoms with E-state index in [1.165, 1.54) is 41.5 Å². The molecule has 0 aliphatic rings. The molecule has 2 heterocycles. The number of hydrogen-bond donors (Lipinski definition) is 3. The molecule has 0 bridgehead atoms. The highest BCUT2D eigenvalue weighted by molar-refractivity contribution is 5.99. The number of amides is 2. The van der Waals surface area contributed by atoms with Gasteiger partial charge in [-0.2, -0.15) is 13.2 Å². The lowest BCUT2D eigenvalue weighted by Gasteiger charge is -2.13. The summed E-state index contributed by atoms with van der Waals surface area (Å²) >= 11 is 0. The third-order valence-corrected chi connectivity index (χ3v) is 5.43. The van der Waals surface area contributed by atoms with Crippen LogP contribution in [0.25, 0.3) is 5.69 Å². The van der Waals surface area contributed by atoms with Gasteiger partial charge in [-0.3, -0.25) is 20.4 Å². The molecule has 8 nitrogen and oxygen atoms in total. The summed E-state index contributed by atoms with van der Waals surface area (Å²) < 4.78 is 41.8. The maximum atomic E-state index is 13.5. The van der Waals surface area contributed by atoms with Crippen molar-refractivity contribution >= 4 is 17.6 Å². The van der Waals surface area contributed by atoms with Crippen molar-refractivity contribution in [2.24, 2.45) is 0 Å². The summed E-state index contributed by atoms with van der Waals surface area (Å²) in [6.07, 6.45) is -0.293. The van der Waals surface area contributed by atoms with Gasteiger partial charge in [0.1, 0.15) is 5.82 Å². The highest BCUT2D eigenvalue weighted by atomic mass is 19.4. The predicted octanol–water partition coefficient (Wildman–Crippen LogP) is 3.96. The number of hydrazine groups is 1. The molecule has 0 unspecified atom stereocenters. The molecule has 2 aromatic carbocycles. The summed E-state index contributed by atoms with van der Waals surface area (Å²) in [5.41, 5.74) is 11.5. The van der Waals surface area contributed by atoms with Crippen molar-refractivity contribution in [2.45, 2.75) is 20.0 Å². The smallest absolute Gasteiger partial charge is 0.384 e. The highest BCUT2D eigenvalue weighted by Crippen LogP contribution is 2.31.